The Bertz CT molecular complexity index is 222. The first-order valence-corrected chi connectivity index (χ1v) is 5.20. The van der Waals surface area contributed by atoms with E-state index in [4.69, 9.17) is 0 Å². The summed E-state index contributed by atoms with van der Waals surface area (Å²) in [6.45, 7) is 4.19. The van der Waals surface area contributed by atoms with E-state index in [2.05, 4.69) is 17.4 Å². The molecule has 0 spiro atoms. The molecule has 2 heteroatoms. The average Bonchev–Trinajstić information content (AvgIpc) is 2.21. The highest BCUT2D eigenvalue weighted by Gasteiger charge is 1.91. The molecule has 0 bridgehead atoms. The van der Waals surface area contributed by atoms with Crippen LogP contribution in [0.2, 0.25) is 0 Å². The average molecular weight is 196 g/mol. The van der Waals surface area contributed by atoms with Gasteiger partial charge in [0.15, 0.2) is 0 Å². The number of hydrogen-bond acceptors (Lipinski definition) is 2. The van der Waals surface area contributed by atoms with Gasteiger partial charge in [0.25, 0.3) is 0 Å². The predicted octanol–water partition coefficient (Wildman–Crippen LogP) is 3.23. The van der Waals surface area contributed by atoms with Crippen molar-refractivity contribution in [2.45, 2.75) is 46.0 Å². The van der Waals surface area contributed by atoms with E-state index in [1.807, 2.05) is 6.92 Å². The second-order valence-electron chi connectivity index (χ2n) is 3.40. The van der Waals surface area contributed by atoms with E-state index in [1.54, 1.807) is 0 Å². The lowest BCUT2D eigenvalue weighted by atomic mass is 10.1. The highest BCUT2D eigenvalue weighted by molar-refractivity contribution is 5.81. The molecule has 0 saturated heterocycles. The summed E-state index contributed by atoms with van der Waals surface area (Å²) in [5, 5.41) is 0. The molecule has 0 rings (SSSR count). The number of esters is 1. The molecule has 0 aliphatic rings. The zero-order valence-corrected chi connectivity index (χ0v) is 9.43. The molecule has 0 atom stereocenters. The Morgan fingerprint density at radius 1 is 1.36 bits per heavy atom. The maximum atomic E-state index is 10.7. The van der Waals surface area contributed by atoms with Crippen LogP contribution in [0.1, 0.15) is 46.0 Å². The molecule has 80 valence electrons. The molecule has 0 amide bonds. The van der Waals surface area contributed by atoms with Crippen LogP contribution >= 0.6 is 0 Å². The van der Waals surface area contributed by atoms with Crippen molar-refractivity contribution in [3.05, 3.63) is 17.4 Å². The van der Waals surface area contributed by atoms with Crippen molar-refractivity contribution in [2.24, 2.45) is 0 Å². The van der Waals surface area contributed by atoms with Crippen molar-refractivity contribution in [1.29, 1.82) is 0 Å². The smallest absolute Gasteiger partial charge is 0.338 e. The first-order chi connectivity index (χ1) is 6.70. The van der Waals surface area contributed by atoms with E-state index in [-0.39, 0.29) is 5.97 Å². The Morgan fingerprint density at radius 2 is 2.07 bits per heavy atom. The molecule has 0 N–H and O–H groups in total. The Kier molecular flexibility index (Phi) is 7.96. The minimum Gasteiger partial charge on any atom is -0.465 e. The minimum atomic E-state index is -0.335. The van der Waals surface area contributed by atoms with Gasteiger partial charge in [0.2, 0.25) is 0 Å². The fraction of sp³-hybridized carbons (Fsp3) is 0.667. The lowest BCUT2D eigenvalue weighted by Gasteiger charge is -1.97. The summed E-state index contributed by atoms with van der Waals surface area (Å²) in [5.41, 5.74) is 4.04. The van der Waals surface area contributed by atoms with Gasteiger partial charge in [-0.05, 0) is 25.3 Å². The van der Waals surface area contributed by atoms with Crippen LogP contribution in [0.25, 0.3) is 0 Å². The minimum absolute atomic E-state index is 0.335. The summed E-state index contributed by atoms with van der Waals surface area (Å²) in [6.07, 6.45) is 7.35. The van der Waals surface area contributed by atoms with E-state index in [9.17, 15) is 4.79 Å². The van der Waals surface area contributed by atoms with Gasteiger partial charge in [-0.15, -0.1) is 5.73 Å². The molecule has 14 heavy (non-hydrogen) atoms. The number of rotatable bonds is 6. The normalized spacial score (nSPS) is 9.07. The summed E-state index contributed by atoms with van der Waals surface area (Å²) >= 11 is 0. The number of methoxy groups -OCH3 is 1. The molecule has 0 aliphatic heterocycles. The Morgan fingerprint density at radius 3 is 2.64 bits per heavy atom. The van der Waals surface area contributed by atoms with Gasteiger partial charge in [-0.1, -0.05) is 26.2 Å². The van der Waals surface area contributed by atoms with Crippen LogP contribution in [0.4, 0.5) is 0 Å². The molecule has 0 saturated carbocycles. The topological polar surface area (TPSA) is 26.3 Å². The zero-order chi connectivity index (χ0) is 10.8. The number of carbonyl (C=O) groups excluding carboxylic acids is 1. The molecule has 2 nitrogen and oxygen atoms in total. The van der Waals surface area contributed by atoms with Crippen LogP contribution in [0, 0.1) is 0 Å². The third-order valence-corrected chi connectivity index (χ3v) is 2.04. The molecule has 0 aromatic carbocycles. The Balaban J connectivity index is 3.77. The van der Waals surface area contributed by atoms with E-state index in [0.717, 1.165) is 12.0 Å². The van der Waals surface area contributed by atoms with Gasteiger partial charge in [-0.25, -0.2) is 4.79 Å². The molecule has 0 aliphatic carbocycles. The Labute approximate surface area is 86.6 Å². The van der Waals surface area contributed by atoms with Crippen molar-refractivity contribution >= 4 is 5.97 Å². The molecule has 0 unspecified atom stereocenters. The predicted molar refractivity (Wildman–Crippen MR) is 58.0 cm³/mol. The summed E-state index contributed by atoms with van der Waals surface area (Å²) in [7, 11) is 1.37. The summed E-state index contributed by atoms with van der Waals surface area (Å²) in [4.78, 5) is 10.7. The molecule has 0 aromatic heterocycles. The molecule has 0 aromatic rings. The van der Waals surface area contributed by atoms with Crippen LogP contribution < -0.4 is 0 Å². The number of carbonyl (C=O) groups is 1. The van der Waals surface area contributed by atoms with Crippen LogP contribution in [0.5, 0.6) is 0 Å². The highest BCUT2D eigenvalue weighted by Crippen LogP contribution is 2.08. The molecule has 0 radical (unpaired) electrons. The Hall–Kier alpha value is -1.01. The summed E-state index contributed by atoms with van der Waals surface area (Å²) in [5.74, 6) is -0.335. The van der Waals surface area contributed by atoms with Crippen molar-refractivity contribution in [3.8, 4) is 0 Å². The number of ether oxygens (including phenoxy) is 1. The van der Waals surface area contributed by atoms with Gasteiger partial charge < -0.3 is 4.74 Å². The SMILES string of the molecule is CCCCCCC(C)=C=CC(=O)OC. The third kappa shape index (κ3) is 7.63. The van der Waals surface area contributed by atoms with Gasteiger partial charge in [0.1, 0.15) is 0 Å². The number of hydrogen-bond donors (Lipinski definition) is 0. The second kappa shape index (κ2) is 8.58. The maximum absolute atomic E-state index is 10.7. The van der Waals surface area contributed by atoms with Crippen molar-refractivity contribution in [1.82, 2.24) is 0 Å². The fourth-order valence-corrected chi connectivity index (χ4v) is 1.13. The van der Waals surface area contributed by atoms with Gasteiger partial charge in [0, 0.05) is 0 Å². The molecule has 0 heterocycles. The molecule has 0 fully saturated rings. The fourth-order valence-electron chi connectivity index (χ4n) is 1.13. The maximum Gasteiger partial charge on any atom is 0.338 e. The first kappa shape index (κ1) is 13.0. The van der Waals surface area contributed by atoms with E-state index in [0.29, 0.717) is 0 Å². The highest BCUT2D eigenvalue weighted by atomic mass is 16.5. The summed E-state index contributed by atoms with van der Waals surface area (Å²) in [6, 6.07) is 0. The van der Waals surface area contributed by atoms with E-state index < -0.39 is 0 Å². The third-order valence-electron chi connectivity index (χ3n) is 2.04. The quantitative estimate of drug-likeness (QED) is 0.282. The zero-order valence-electron chi connectivity index (χ0n) is 9.43. The lowest BCUT2D eigenvalue weighted by molar-refractivity contribution is -0.134. The largest absolute Gasteiger partial charge is 0.465 e. The molecular formula is C12H20O2. The second-order valence-corrected chi connectivity index (χ2v) is 3.40. The van der Waals surface area contributed by atoms with Crippen LogP contribution in [0.15, 0.2) is 17.4 Å². The van der Waals surface area contributed by atoms with Crippen molar-refractivity contribution < 1.29 is 9.53 Å². The van der Waals surface area contributed by atoms with E-state index in [1.165, 1.54) is 38.9 Å². The van der Waals surface area contributed by atoms with Crippen LogP contribution in [-0.2, 0) is 9.53 Å². The van der Waals surface area contributed by atoms with Gasteiger partial charge in [0.05, 0.1) is 13.2 Å². The lowest BCUT2D eigenvalue weighted by Crippen LogP contribution is -1.92. The van der Waals surface area contributed by atoms with Gasteiger partial charge >= 0.3 is 5.97 Å². The van der Waals surface area contributed by atoms with Crippen molar-refractivity contribution in [3.63, 3.8) is 0 Å². The van der Waals surface area contributed by atoms with Gasteiger partial charge in [-0.3, -0.25) is 0 Å². The number of unbranched alkanes of at least 4 members (excludes halogenated alkanes) is 3. The molecular weight excluding hydrogens is 176 g/mol. The monoisotopic (exact) mass is 196 g/mol. The first-order valence-electron chi connectivity index (χ1n) is 5.20. The van der Waals surface area contributed by atoms with Gasteiger partial charge in [-0.2, -0.15) is 0 Å². The standard InChI is InChI=1S/C12H20O2/c1-4-5-6-7-8-11(2)9-10-12(13)14-3/h10H,4-8H2,1-3H3. The van der Waals surface area contributed by atoms with Crippen molar-refractivity contribution in [2.75, 3.05) is 7.11 Å². The van der Waals surface area contributed by atoms with E-state index >= 15 is 0 Å². The van der Waals surface area contributed by atoms with Crippen LogP contribution in [-0.4, -0.2) is 13.1 Å². The summed E-state index contributed by atoms with van der Waals surface area (Å²) < 4.78 is 4.47. The van der Waals surface area contributed by atoms with Crippen LogP contribution in [0.3, 0.4) is 0 Å².